The summed E-state index contributed by atoms with van der Waals surface area (Å²) in [5, 5.41) is 5.46. The Morgan fingerprint density at radius 1 is 1.09 bits per heavy atom. The van der Waals surface area contributed by atoms with Crippen molar-refractivity contribution < 1.29 is 28.7 Å². The average Bonchev–Trinajstić information content (AvgIpc) is 3.01. The minimum atomic E-state index is -1.11. The molecule has 0 bridgehead atoms. The number of imide groups is 1. The number of benzene rings is 1. The second kappa shape index (κ2) is 9.58. The summed E-state index contributed by atoms with van der Waals surface area (Å²) in [5.74, 6) is -0.765. The lowest BCUT2D eigenvalue weighted by atomic mass is 9.81. The van der Waals surface area contributed by atoms with Gasteiger partial charge in [-0.05, 0) is 50.3 Å². The predicted molar refractivity (Wildman–Crippen MR) is 116 cm³/mol. The number of urea groups is 1. The summed E-state index contributed by atoms with van der Waals surface area (Å²) < 4.78 is 10.1. The van der Waals surface area contributed by atoms with Crippen LogP contribution < -0.4 is 15.4 Å². The van der Waals surface area contributed by atoms with E-state index in [4.69, 9.17) is 9.47 Å². The number of hydrogen-bond acceptors (Lipinski definition) is 6. The fourth-order valence-electron chi connectivity index (χ4n) is 4.43. The average molecular weight is 446 g/mol. The molecule has 2 aliphatic rings. The minimum absolute atomic E-state index is 0.383. The molecule has 4 amide bonds. The van der Waals surface area contributed by atoms with Gasteiger partial charge in [0.15, 0.2) is 0 Å². The first kappa shape index (κ1) is 23.6. The fourth-order valence-corrected chi connectivity index (χ4v) is 4.43. The Kier molecular flexibility index (Phi) is 7.06. The van der Waals surface area contributed by atoms with Gasteiger partial charge in [0.05, 0.1) is 14.2 Å². The number of aryl methyl sites for hydroxylation is 1. The molecule has 1 aliphatic heterocycles. The summed E-state index contributed by atoms with van der Waals surface area (Å²) in [7, 11) is 2.88. The Hall–Kier alpha value is -3.10. The van der Waals surface area contributed by atoms with Crippen LogP contribution in [0.4, 0.5) is 4.79 Å². The van der Waals surface area contributed by atoms with Crippen molar-refractivity contribution in [2.24, 2.45) is 0 Å². The number of hydrogen-bond donors (Lipinski definition) is 2. The zero-order valence-electron chi connectivity index (χ0n) is 18.9. The number of methoxy groups -OCH3 is 2. The zero-order valence-corrected chi connectivity index (χ0v) is 18.9. The van der Waals surface area contributed by atoms with E-state index in [0.29, 0.717) is 25.7 Å². The molecule has 9 nitrogen and oxygen atoms in total. The van der Waals surface area contributed by atoms with Gasteiger partial charge in [-0.3, -0.25) is 14.5 Å². The Morgan fingerprint density at radius 3 is 2.34 bits per heavy atom. The Labute approximate surface area is 187 Å². The molecule has 3 rings (SSSR count). The highest BCUT2D eigenvalue weighted by molar-refractivity contribution is 6.09. The topological polar surface area (TPSA) is 114 Å². The van der Waals surface area contributed by atoms with Gasteiger partial charge in [0.1, 0.15) is 23.4 Å². The molecule has 1 heterocycles. The molecule has 0 radical (unpaired) electrons. The highest BCUT2D eigenvalue weighted by Crippen LogP contribution is 2.30. The molecule has 1 aromatic carbocycles. The first-order valence-electron chi connectivity index (χ1n) is 10.9. The van der Waals surface area contributed by atoms with Gasteiger partial charge in [0.25, 0.3) is 5.91 Å². The van der Waals surface area contributed by atoms with Crippen LogP contribution in [0.1, 0.15) is 51.0 Å². The van der Waals surface area contributed by atoms with E-state index in [0.717, 1.165) is 35.5 Å². The summed E-state index contributed by atoms with van der Waals surface area (Å²) in [4.78, 5) is 51.5. The lowest BCUT2D eigenvalue weighted by Crippen LogP contribution is -2.58. The molecule has 2 N–H and O–H groups in total. The SMILES string of the molecule is COC(=O)C1(NC(=O)CN2C(=O)NC(C)(CCc3ccc(OC)cc3)C2=O)CCCCC1. The van der Waals surface area contributed by atoms with Crippen molar-refractivity contribution in [3.63, 3.8) is 0 Å². The smallest absolute Gasteiger partial charge is 0.331 e. The van der Waals surface area contributed by atoms with Crippen LogP contribution in [0.15, 0.2) is 24.3 Å². The van der Waals surface area contributed by atoms with Crippen LogP contribution in [0.25, 0.3) is 0 Å². The molecule has 1 aromatic rings. The Bertz CT molecular complexity index is 878. The highest BCUT2D eigenvalue weighted by atomic mass is 16.5. The van der Waals surface area contributed by atoms with Gasteiger partial charge in [-0.25, -0.2) is 9.59 Å². The molecule has 1 atom stereocenters. The molecular weight excluding hydrogens is 414 g/mol. The number of nitrogens with zero attached hydrogens (tertiary/aromatic N) is 1. The van der Waals surface area contributed by atoms with Crippen molar-refractivity contribution in [2.45, 2.75) is 62.9 Å². The molecule has 1 saturated heterocycles. The molecule has 1 saturated carbocycles. The molecular formula is C23H31N3O6. The molecule has 1 unspecified atom stereocenters. The Morgan fingerprint density at radius 2 is 1.75 bits per heavy atom. The van der Waals surface area contributed by atoms with E-state index >= 15 is 0 Å². The molecule has 2 fully saturated rings. The maximum absolute atomic E-state index is 13.0. The van der Waals surface area contributed by atoms with Crippen LogP contribution in [0.3, 0.4) is 0 Å². The summed E-state index contributed by atoms with van der Waals surface area (Å²) in [6.45, 7) is 1.22. The van der Waals surface area contributed by atoms with Crippen LogP contribution in [0, 0.1) is 0 Å². The van der Waals surface area contributed by atoms with Crippen LogP contribution in [-0.4, -0.2) is 60.6 Å². The van der Waals surface area contributed by atoms with E-state index in [9.17, 15) is 19.2 Å². The first-order valence-corrected chi connectivity index (χ1v) is 10.9. The van der Waals surface area contributed by atoms with Crippen molar-refractivity contribution in [3.05, 3.63) is 29.8 Å². The van der Waals surface area contributed by atoms with Gasteiger partial charge in [-0.1, -0.05) is 31.4 Å². The standard InChI is InChI=1S/C23H31N3O6/c1-22(14-11-16-7-9-17(31-2)10-8-16)19(28)26(21(30)25-22)15-18(27)24-23(20(29)32-3)12-5-4-6-13-23/h7-10H,4-6,11-15H2,1-3H3,(H,24,27)(H,25,30). The molecule has 32 heavy (non-hydrogen) atoms. The fraction of sp³-hybridized carbons (Fsp3) is 0.565. The minimum Gasteiger partial charge on any atom is -0.497 e. The summed E-state index contributed by atoms with van der Waals surface area (Å²) in [5.41, 5.74) is -1.20. The number of carbonyl (C=O) groups is 4. The third kappa shape index (κ3) is 4.87. The second-order valence-electron chi connectivity index (χ2n) is 8.68. The summed E-state index contributed by atoms with van der Waals surface area (Å²) in [6.07, 6.45) is 4.47. The van der Waals surface area contributed by atoms with Gasteiger partial charge < -0.3 is 20.1 Å². The number of esters is 1. The quantitative estimate of drug-likeness (QED) is 0.467. The molecule has 0 aromatic heterocycles. The lowest BCUT2D eigenvalue weighted by molar-refractivity contribution is -0.152. The highest BCUT2D eigenvalue weighted by Gasteiger charge is 2.49. The monoisotopic (exact) mass is 445 g/mol. The van der Waals surface area contributed by atoms with Crippen LogP contribution >= 0.6 is 0 Å². The Balaban J connectivity index is 1.63. The predicted octanol–water partition coefficient (Wildman–Crippen LogP) is 1.93. The van der Waals surface area contributed by atoms with Gasteiger partial charge in [-0.15, -0.1) is 0 Å². The van der Waals surface area contributed by atoms with Crippen LogP contribution in [-0.2, 0) is 25.5 Å². The summed E-state index contributed by atoms with van der Waals surface area (Å²) in [6, 6.07) is 6.88. The van der Waals surface area contributed by atoms with Crippen LogP contribution in [0.2, 0.25) is 0 Å². The van der Waals surface area contributed by atoms with Crippen molar-refractivity contribution >= 4 is 23.8 Å². The van der Waals surface area contributed by atoms with E-state index in [-0.39, 0.29) is 0 Å². The van der Waals surface area contributed by atoms with Crippen molar-refractivity contribution in [3.8, 4) is 5.75 Å². The lowest BCUT2D eigenvalue weighted by Gasteiger charge is -2.35. The molecule has 0 spiro atoms. The maximum Gasteiger partial charge on any atom is 0.331 e. The van der Waals surface area contributed by atoms with Crippen molar-refractivity contribution in [2.75, 3.05) is 20.8 Å². The van der Waals surface area contributed by atoms with Gasteiger partial charge >= 0.3 is 12.0 Å². The van der Waals surface area contributed by atoms with Crippen molar-refractivity contribution in [1.29, 1.82) is 0 Å². The number of rotatable bonds is 8. The number of ether oxygens (including phenoxy) is 2. The van der Waals surface area contributed by atoms with Crippen LogP contribution in [0.5, 0.6) is 5.75 Å². The normalized spacial score (nSPS) is 22.3. The zero-order chi connectivity index (χ0) is 23.4. The molecule has 1 aliphatic carbocycles. The largest absolute Gasteiger partial charge is 0.497 e. The van der Waals surface area contributed by atoms with Gasteiger partial charge in [0.2, 0.25) is 5.91 Å². The van der Waals surface area contributed by atoms with E-state index in [1.54, 1.807) is 14.0 Å². The van der Waals surface area contributed by atoms with Gasteiger partial charge in [0, 0.05) is 0 Å². The summed E-state index contributed by atoms with van der Waals surface area (Å²) >= 11 is 0. The first-order chi connectivity index (χ1) is 15.2. The van der Waals surface area contributed by atoms with E-state index in [1.165, 1.54) is 7.11 Å². The van der Waals surface area contributed by atoms with E-state index < -0.39 is 41.4 Å². The van der Waals surface area contributed by atoms with E-state index in [1.807, 2.05) is 24.3 Å². The number of nitrogens with one attached hydrogen (secondary N) is 2. The number of carbonyl (C=O) groups excluding carboxylic acids is 4. The van der Waals surface area contributed by atoms with Gasteiger partial charge in [-0.2, -0.15) is 0 Å². The second-order valence-corrected chi connectivity index (χ2v) is 8.68. The van der Waals surface area contributed by atoms with Crippen molar-refractivity contribution in [1.82, 2.24) is 15.5 Å². The third-order valence-electron chi connectivity index (χ3n) is 6.38. The third-order valence-corrected chi connectivity index (χ3v) is 6.38. The maximum atomic E-state index is 13.0. The molecule has 174 valence electrons. The van der Waals surface area contributed by atoms with E-state index in [2.05, 4.69) is 10.6 Å². The molecule has 9 heteroatoms. The number of amides is 4.